The summed E-state index contributed by atoms with van der Waals surface area (Å²) in [5, 5.41) is 0. The summed E-state index contributed by atoms with van der Waals surface area (Å²) in [5.41, 5.74) is 8.49. The number of amides is 1. The molecule has 0 fully saturated rings. The van der Waals surface area contributed by atoms with Crippen LogP contribution in [0.5, 0.6) is 5.75 Å². The number of fused-ring (bicyclic) bond motifs is 1. The van der Waals surface area contributed by atoms with Crippen molar-refractivity contribution in [3.05, 3.63) is 17.7 Å². The summed E-state index contributed by atoms with van der Waals surface area (Å²) in [6, 6.07) is 3.76. The summed E-state index contributed by atoms with van der Waals surface area (Å²) in [4.78, 5) is 23.1. The second-order valence-electron chi connectivity index (χ2n) is 4.92. The number of carbonyl (C=O) groups excluding carboxylic acids is 2. The van der Waals surface area contributed by atoms with Gasteiger partial charge in [0, 0.05) is 26.1 Å². The fourth-order valence-electron chi connectivity index (χ4n) is 2.33. The van der Waals surface area contributed by atoms with Crippen LogP contribution in [-0.4, -0.2) is 32.1 Å². The van der Waals surface area contributed by atoms with Gasteiger partial charge in [0.1, 0.15) is 5.75 Å². The minimum absolute atomic E-state index is 0.0607. The summed E-state index contributed by atoms with van der Waals surface area (Å²) >= 11 is 0. The number of nitrogens with two attached hydrogens (primary N) is 1. The van der Waals surface area contributed by atoms with Gasteiger partial charge in [-0.15, -0.1) is 0 Å². The van der Waals surface area contributed by atoms with Crippen molar-refractivity contribution in [2.45, 2.75) is 33.6 Å². The van der Waals surface area contributed by atoms with E-state index in [0.717, 1.165) is 30.6 Å². The Morgan fingerprint density at radius 2 is 2.00 bits per heavy atom. The molecule has 0 aliphatic carbocycles. The molecular weight excluding hydrogens is 284 g/mol. The highest BCUT2D eigenvalue weighted by Gasteiger charge is 2.21. The van der Waals surface area contributed by atoms with Crippen molar-refractivity contribution in [3.63, 3.8) is 0 Å². The van der Waals surface area contributed by atoms with E-state index in [4.69, 9.17) is 10.5 Å². The van der Waals surface area contributed by atoms with Crippen molar-refractivity contribution < 1.29 is 19.1 Å². The first kappa shape index (κ1) is 17.8. The van der Waals surface area contributed by atoms with E-state index >= 15 is 0 Å². The summed E-state index contributed by atoms with van der Waals surface area (Å²) in [6.45, 7) is 6.00. The highest BCUT2D eigenvalue weighted by atomic mass is 16.5. The number of nitrogen functional groups attached to an aromatic ring is 1. The Balaban J connectivity index is 0.000000346. The molecule has 0 unspecified atom stereocenters. The van der Waals surface area contributed by atoms with Gasteiger partial charge in [-0.2, -0.15) is 0 Å². The lowest BCUT2D eigenvalue weighted by atomic mass is 10.0. The van der Waals surface area contributed by atoms with Gasteiger partial charge in [0.15, 0.2) is 0 Å². The molecule has 0 spiro atoms. The number of methoxy groups -OCH3 is 1. The van der Waals surface area contributed by atoms with Gasteiger partial charge in [-0.3, -0.25) is 9.59 Å². The number of carbonyl (C=O) groups is 2. The molecule has 0 atom stereocenters. The van der Waals surface area contributed by atoms with Crippen molar-refractivity contribution >= 4 is 23.3 Å². The molecule has 6 heteroatoms. The first-order valence-corrected chi connectivity index (χ1v) is 7.28. The maximum absolute atomic E-state index is 11.5. The van der Waals surface area contributed by atoms with Crippen molar-refractivity contribution in [1.82, 2.24) is 0 Å². The molecule has 2 rings (SSSR count). The molecule has 122 valence electrons. The molecule has 0 bridgehead atoms. The molecule has 1 aromatic rings. The molecule has 1 aliphatic rings. The number of ether oxygens (including phenoxy) is 2. The predicted molar refractivity (Wildman–Crippen MR) is 86.1 cm³/mol. The number of nitrogens with zero attached hydrogens (tertiary/aromatic N) is 1. The zero-order valence-electron chi connectivity index (χ0n) is 13.6. The average molecular weight is 308 g/mol. The van der Waals surface area contributed by atoms with E-state index in [9.17, 15) is 9.59 Å². The van der Waals surface area contributed by atoms with Crippen molar-refractivity contribution in [3.8, 4) is 5.75 Å². The smallest absolute Gasteiger partial charge is 0.302 e. The quantitative estimate of drug-likeness (QED) is 0.668. The summed E-state index contributed by atoms with van der Waals surface area (Å²) in [7, 11) is 1.60. The number of esters is 1. The van der Waals surface area contributed by atoms with E-state index < -0.39 is 0 Å². The maximum atomic E-state index is 11.5. The van der Waals surface area contributed by atoms with E-state index in [1.165, 1.54) is 6.92 Å². The molecule has 0 aromatic heterocycles. The van der Waals surface area contributed by atoms with Crippen LogP contribution < -0.4 is 15.4 Å². The molecule has 1 aromatic carbocycles. The molecule has 0 saturated carbocycles. The van der Waals surface area contributed by atoms with Crippen LogP contribution in [0.3, 0.4) is 0 Å². The Kier molecular flexibility index (Phi) is 6.69. The Hall–Kier alpha value is -2.24. The van der Waals surface area contributed by atoms with E-state index in [0.29, 0.717) is 18.0 Å². The minimum atomic E-state index is -0.211. The zero-order chi connectivity index (χ0) is 16.7. The highest BCUT2D eigenvalue weighted by Crippen LogP contribution is 2.34. The van der Waals surface area contributed by atoms with Crippen LogP contribution in [0.4, 0.5) is 11.4 Å². The first-order chi connectivity index (χ1) is 10.4. The van der Waals surface area contributed by atoms with Crippen molar-refractivity contribution in [1.29, 1.82) is 0 Å². The Morgan fingerprint density at radius 3 is 2.45 bits per heavy atom. The van der Waals surface area contributed by atoms with Gasteiger partial charge in [-0.1, -0.05) is 0 Å². The number of aryl methyl sites for hydroxylation is 1. The normalized spacial score (nSPS) is 12.6. The van der Waals surface area contributed by atoms with Crippen LogP contribution in [0, 0.1) is 0 Å². The van der Waals surface area contributed by atoms with Crippen molar-refractivity contribution in [2.75, 3.05) is 30.9 Å². The highest BCUT2D eigenvalue weighted by molar-refractivity contribution is 5.93. The third kappa shape index (κ3) is 4.65. The molecule has 1 heterocycles. The lowest BCUT2D eigenvalue weighted by molar-refractivity contribution is -0.140. The van der Waals surface area contributed by atoms with Crippen LogP contribution in [0.1, 0.15) is 32.8 Å². The summed E-state index contributed by atoms with van der Waals surface area (Å²) < 4.78 is 9.58. The third-order valence-electron chi connectivity index (χ3n) is 3.28. The van der Waals surface area contributed by atoms with Crippen LogP contribution >= 0.6 is 0 Å². The minimum Gasteiger partial charge on any atom is -0.495 e. The van der Waals surface area contributed by atoms with Crippen LogP contribution in [0.15, 0.2) is 12.1 Å². The van der Waals surface area contributed by atoms with Crippen LogP contribution in [0.25, 0.3) is 0 Å². The Bertz CT molecular complexity index is 543. The summed E-state index contributed by atoms with van der Waals surface area (Å²) in [5.74, 6) is 0.534. The molecule has 1 aliphatic heterocycles. The fourth-order valence-corrected chi connectivity index (χ4v) is 2.33. The molecule has 0 saturated heterocycles. The number of benzene rings is 1. The van der Waals surface area contributed by atoms with Gasteiger partial charge in [0.05, 0.1) is 19.4 Å². The Labute approximate surface area is 131 Å². The van der Waals surface area contributed by atoms with E-state index in [1.54, 1.807) is 25.9 Å². The molecule has 22 heavy (non-hydrogen) atoms. The third-order valence-corrected chi connectivity index (χ3v) is 3.28. The molecular formula is C16H24N2O4. The number of rotatable bonds is 2. The second kappa shape index (κ2) is 8.26. The maximum Gasteiger partial charge on any atom is 0.302 e. The van der Waals surface area contributed by atoms with Crippen LogP contribution in [0.2, 0.25) is 0 Å². The zero-order valence-corrected chi connectivity index (χ0v) is 13.6. The molecule has 2 N–H and O–H groups in total. The lowest BCUT2D eigenvalue weighted by Crippen LogP contribution is -2.33. The van der Waals surface area contributed by atoms with Crippen molar-refractivity contribution in [2.24, 2.45) is 0 Å². The van der Waals surface area contributed by atoms with Gasteiger partial charge in [0.25, 0.3) is 0 Å². The van der Waals surface area contributed by atoms with E-state index in [-0.39, 0.29) is 11.9 Å². The van der Waals surface area contributed by atoms with E-state index in [1.807, 2.05) is 12.1 Å². The topological polar surface area (TPSA) is 81.9 Å². The number of hydrogen-bond donors (Lipinski definition) is 1. The van der Waals surface area contributed by atoms with Gasteiger partial charge >= 0.3 is 5.97 Å². The molecule has 6 nitrogen and oxygen atoms in total. The van der Waals surface area contributed by atoms with E-state index in [2.05, 4.69) is 4.74 Å². The van der Waals surface area contributed by atoms with Gasteiger partial charge < -0.3 is 20.1 Å². The van der Waals surface area contributed by atoms with Gasteiger partial charge in [0.2, 0.25) is 5.91 Å². The standard InChI is InChI=1S/C12H16N2O2.C4H8O2/c1-8(15)14-5-3-4-9-6-12(16-2)10(13)7-11(9)14;1-3-6-4(2)5/h6-7H,3-5,13H2,1-2H3;3H2,1-2H3. The molecule has 1 amide bonds. The fraction of sp³-hybridized carbons (Fsp3) is 0.500. The lowest BCUT2D eigenvalue weighted by Gasteiger charge is -2.29. The van der Waals surface area contributed by atoms with Gasteiger partial charge in [-0.25, -0.2) is 0 Å². The predicted octanol–water partition coefficient (Wildman–Crippen LogP) is 2.15. The van der Waals surface area contributed by atoms with Gasteiger partial charge in [-0.05, 0) is 37.5 Å². The Morgan fingerprint density at radius 1 is 1.32 bits per heavy atom. The number of hydrogen-bond acceptors (Lipinski definition) is 5. The largest absolute Gasteiger partial charge is 0.495 e. The molecule has 0 radical (unpaired) electrons. The first-order valence-electron chi connectivity index (χ1n) is 7.28. The SMILES string of the molecule is CCOC(C)=O.COc1cc2c(cc1N)N(C(C)=O)CCC2. The monoisotopic (exact) mass is 308 g/mol. The second-order valence-corrected chi connectivity index (χ2v) is 4.92. The van der Waals surface area contributed by atoms with Crippen LogP contribution in [-0.2, 0) is 20.7 Å². The number of anilines is 2. The average Bonchev–Trinajstić information content (AvgIpc) is 2.46. The summed E-state index contributed by atoms with van der Waals surface area (Å²) in [6.07, 6.45) is 1.95.